The summed E-state index contributed by atoms with van der Waals surface area (Å²) >= 11 is 0. The number of Topliss-reactive ketones (excluding diaryl/α,β-unsaturated/α-hetero) is 1. The minimum Gasteiger partial charge on any atom is -0.385 e. The SMILES string of the molecule is COCCCN(CC(=O)Nc1ccc(N2CCCCC2)cc1)S(=O)(=O)c1ccc(C(C)=O)cc1. The molecule has 2 aromatic rings. The Balaban J connectivity index is 1.69. The van der Waals surface area contributed by atoms with Gasteiger partial charge in [-0.2, -0.15) is 4.31 Å². The summed E-state index contributed by atoms with van der Waals surface area (Å²) in [5.74, 6) is -0.571. The third kappa shape index (κ3) is 6.88. The zero-order chi connectivity index (χ0) is 24.6. The molecular weight excluding hydrogens is 454 g/mol. The second-order valence-corrected chi connectivity index (χ2v) is 10.3. The number of nitrogens with zero attached hydrogens (tertiary/aromatic N) is 2. The van der Waals surface area contributed by atoms with Crippen LogP contribution in [0.25, 0.3) is 0 Å². The zero-order valence-electron chi connectivity index (χ0n) is 19.8. The molecule has 1 N–H and O–H groups in total. The van der Waals surface area contributed by atoms with Crippen LogP contribution >= 0.6 is 0 Å². The number of carbonyl (C=O) groups excluding carboxylic acids is 2. The van der Waals surface area contributed by atoms with E-state index in [9.17, 15) is 18.0 Å². The van der Waals surface area contributed by atoms with Crippen molar-refractivity contribution in [3.8, 4) is 0 Å². The van der Waals surface area contributed by atoms with Crippen LogP contribution in [-0.4, -0.2) is 64.3 Å². The number of nitrogens with one attached hydrogen (secondary N) is 1. The van der Waals surface area contributed by atoms with E-state index in [1.54, 1.807) is 7.11 Å². The molecule has 0 aliphatic carbocycles. The molecule has 0 radical (unpaired) electrons. The molecule has 0 saturated carbocycles. The number of amides is 1. The fourth-order valence-electron chi connectivity index (χ4n) is 3.95. The Morgan fingerprint density at radius 3 is 2.24 bits per heavy atom. The van der Waals surface area contributed by atoms with Gasteiger partial charge in [-0.15, -0.1) is 0 Å². The summed E-state index contributed by atoms with van der Waals surface area (Å²) in [5.41, 5.74) is 2.16. The maximum Gasteiger partial charge on any atom is 0.243 e. The summed E-state index contributed by atoms with van der Waals surface area (Å²) in [6.45, 7) is 3.67. The smallest absolute Gasteiger partial charge is 0.243 e. The summed E-state index contributed by atoms with van der Waals surface area (Å²) < 4.78 is 32.7. The third-order valence-electron chi connectivity index (χ3n) is 5.85. The van der Waals surface area contributed by atoms with Crippen molar-refractivity contribution < 1.29 is 22.7 Å². The van der Waals surface area contributed by atoms with E-state index < -0.39 is 15.9 Å². The molecule has 3 rings (SSSR count). The highest BCUT2D eigenvalue weighted by Crippen LogP contribution is 2.22. The lowest BCUT2D eigenvalue weighted by atomic mass is 10.1. The second kappa shape index (κ2) is 12.1. The maximum atomic E-state index is 13.2. The minimum atomic E-state index is -3.93. The number of piperidine rings is 1. The van der Waals surface area contributed by atoms with Gasteiger partial charge >= 0.3 is 0 Å². The summed E-state index contributed by atoms with van der Waals surface area (Å²) in [7, 11) is -2.39. The van der Waals surface area contributed by atoms with Crippen LogP contribution in [0.3, 0.4) is 0 Å². The van der Waals surface area contributed by atoms with Gasteiger partial charge < -0.3 is 15.0 Å². The minimum absolute atomic E-state index is 0.0357. The van der Waals surface area contributed by atoms with E-state index in [1.165, 1.54) is 50.5 Å². The van der Waals surface area contributed by atoms with Gasteiger partial charge in [-0.3, -0.25) is 9.59 Å². The van der Waals surface area contributed by atoms with Crippen LogP contribution in [0.15, 0.2) is 53.4 Å². The van der Waals surface area contributed by atoms with Crippen LogP contribution in [0, 0.1) is 0 Å². The molecule has 34 heavy (non-hydrogen) atoms. The third-order valence-corrected chi connectivity index (χ3v) is 7.71. The van der Waals surface area contributed by atoms with Crippen LogP contribution in [0.4, 0.5) is 11.4 Å². The highest BCUT2D eigenvalue weighted by molar-refractivity contribution is 7.89. The number of hydrogen-bond acceptors (Lipinski definition) is 6. The van der Waals surface area contributed by atoms with Crippen molar-refractivity contribution in [2.45, 2.75) is 37.5 Å². The van der Waals surface area contributed by atoms with Gasteiger partial charge in [-0.05, 0) is 69.0 Å². The molecule has 1 aliphatic rings. The Kier molecular flexibility index (Phi) is 9.20. The lowest BCUT2D eigenvalue weighted by molar-refractivity contribution is -0.116. The molecular formula is C25H33N3O5S. The van der Waals surface area contributed by atoms with Gasteiger partial charge in [-0.1, -0.05) is 12.1 Å². The lowest BCUT2D eigenvalue weighted by Crippen LogP contribution is -2.39. The van der Waals surface area contributed by atoms with Gasteiger partial charge in [-0.25, -0.2) is 8.42 Å². The van der Waals surface area contributed by atoms with Crippen molar-refractivity contribution in [1.29, 1.82) is 0 Å². The standard InChI is InChI=1S/C25H33N3O5S/c1-20(29)21-7-13-24(14-8-21)34(31,32)28(17-6-18-33-2)19-25(30)26-22-9-11-23(12-10-22)27-15-4-3-5-16-27/h7-14H,3-6,15-19H2,1-2H3,(H,26,30). The van der Waals surface area contributed by atoms with Crippen molar-refractivity contribution in [2.24, 2.45) is 0 Å². The number of anilines is 2. The van der Waals surface area contributed by atoms with Crippen LogP contribution in [0.1, 0.15) is 43.0 Å². The van der Waals surface area contributed by atoms with Gasteiger partial charge in [0.05, 0.1) is 11.4 Å². The highest BCUT2D eigenvalue weighted by atomic mass is 32.2. The first-order valence-electron chi connectivity index (χ1n) is 11.6. The number of ether oxygens (including phenoxy) is 1. The number of hydrogen-bond donors (Lipinski definition) is 1. The molecule has 8 nitrogen and oxygen atoms in total. The van der Waals surface area contributed by atoms with Crippen LogP contribution in [-0.2, 0) is 19.6 Å². The van der Waals surface area contributed by atoms with E-state index in [1.807, 2.05) is 24.3 Å². The predicted molar refractivity (Wildman–Crippen MR) is 133 cm³/mol. The van der Waals surface area contributed by atoms with Crippen molar-refractivity contribution in [3.05, 3.63) is 54.1 Å². The van der Waals surface area contributed by atoms with Gasteiger partial charge in [0, 0.05) is 50.3 Å². The van der Waals surface area contributed by atoms with Crippen molar-refractivity contribution in [1.82, 2.24) is 4.31 Å². The summed E-state index contributed by atoms with van der Waals surface area (Å²) in [4.78, 5) is 26.6. The molecule has 1 fully saturated rings. The lowest BCUT2D eigenvalue weighted by Gasteiger charge is -2.28. The number of methoxy groups -OCH3 is 1. The largest absolute Gasteiger partial charge is 0.385 e. The molecule has 0 bridgehead atoms. The quantitative estimate of drug-likeness (QED) is 0.385. The van der Waals surface area contributed by atoms with Gasteiger partial charge in [0.15, 0.2) is 5.78 Å². The highest BCUT2D eigenvalue weighted by Gasteiger charge is 2.26. The molecule has 2 aromatic carbocycles. The summed E-state index contributed by atoms with van der Waals surface area (Å²) in [5, 5.41) is 2.80. The molecule has 184 valence electrons. The number of sulfonamides is 1. The van der Waals surface area contributed by atoms with Gasteiger partial charge in [0.1, 0.15) is 0 Å². The Morgan fingerprint density at radius 2 is 1.65 bits per heavy atom. The predicted octanol–water partition coefficient (Wildman–Crippen LogP) is 3.55. The van der Waals surface area contributed by atoms with Crippen LogP contribution in [0.5, 0.6) is 0 Å². The molecule has 0 atom stereocenters. The fraction of sp³-hybridized carbons (Fsp3) is 0.440. The molecule has 0 unspecified atom stereocenters. The Hall–Kier alpha value is -2.75. The van der Waals surface area contributed by atoms with E-state index >= 15 is 0 Å². The van der Waals surface area contributed by atoms with Crippen LogP contribution in [0.2, 0.25) is 0 Å². The average molecular weight is 488 g/mol. The maximum absolute atomic E-state index is 13.2. The zero-order valence-corrected chi connectivity index (χ0v) is 20.6. The topological polar surface area (TPSA) is 96.0 Å². The average Bonchev–Trinajstić information content (AvgIpc) is 2.84. The Morgan fingerprint density at radius 1 is 1.00 bits per heavy atom. The molecule has 1 aliphatic heterocycles. The molecule has 1 saturated heterocycles. The first-order valence-corrected chi connectivity index (χ1v) is 13.0. The van der Waals surface area contributed by atoms with E-state index in [0.29, 0.717) is 24.3 Å². The monoisotopic (exact) mass is 487 g/mol. The van der Waals surface area contributed by atoms with Crippen LogP contribution < -0.4 is 10.2 Å². The van der Waals surface area contributed by atoms with Crippen molar-refractivity contribution in [2.75, 3.05) is 50.1 Å². The fourth-order valence-corrected chi connectivity index (χ4v) is 5.38. The van der Waals surface area contributed by atoms with Crippen molar-refractivity contribution >= 4 is 33.1 Å². The number of carbonyl (C=O) groups is 2. The normalized spacial score (nSPS) is 14.3. The van der Waals surface area contributed by atoms with Gasteiger partial charge in [0.2, 0.25) is 15.9 Å². The molecule has 1 amide bonds. The number of benzene rings is 2. The van der Waals surface area contributed by atoms with Crippen molar-refractivity contribution in [3.63, 3.8) is 0 Å². The van der Waals surface area contributed by atoms with Gasteiger partial charge in [0.25, 0.3) is 0 Å². The Bertz CT molecular complexity index is 1060. The van der Waals surface area contributed by atoms with E-state index in [4.69, 9.17) is 4.74 Å². The molecule has 9 heteroatoms. The number of ketones is 1. The molecule has 1 heterocycles. The second-order valence-electron chi connectivity index (χ2n) is 8.41. The Labute approximate surface area is 201 Å². The van der Waals surface area contributed by atoms with E-state index in [2.05, 4.69) is 10.2 Å². The first kappa shape index (κ1) is 25.9. The molecule has 0 aromatic heterocycles. The summed E-state index contributed by atoms with van der Waals surface area (Å²) in [6.07, 6.45) is 4.07. The van der Waals surface area contributed by atoms with E-state index in [0.717, 1.165) is 23.1 Å². The molecule has 0 spiro atoms. The first-order chi connectivity index (χ1) is 16.3. The number of rotatable bonds is 11. The van der Waals surface area contributed by atoms with E-state index in [-0.39, 0.29) is 23.8 Å². The summed E-state index contributed by atoms with van der Waals surface area (Å²) in [6, 6.07) is 13.4.